The van der Waals surface area contributed by atoms with Crippen LogP contribution in [-0.4, -0.2) is 27.5 Å². The number of aromatic nitrogens is 2. The van der Waals surface area contributed by atoms with Gasteiger partial charge < -0.3 is 9.42 Å². The number of hydrogen-bond donors (Lipinski definition) is 0. The van der Waals surface area contributed by atoms with Crippen molar-refractivity contribution in [3.63, 3.8) is 0 Å². The zero-order valence-electron chi connectivity index (χ0n) is 14.4. The van der Waals surface area contributed by atoms with Gasteiger partial charge in [0.2, 0.25) is 11.7 Å². The lowest BCUT2D eigenvalue weighted by Gasteiger charge is -2.19. The summed E-state index contributed by atoms with van der Waals surface area (Å²) in [6.07, 6.45) is 0. The zero-order valence-corrected chi connectivity index (χ0v) is 15.9. The minimum atomic E-state index is -0.179. The van der Waals surface area contributed by atoms with Crippen molar-refractivity contribution in [1.82, 2.24) is 15.0 Å². The minimum Gasteiger partial charge on any atom is -0.337 e. The molecule has 0 fully saturated rings. The number of rotatable bonds is 5. The van der Waals surface area contributed by atoms with E-state index in [2.05, 4.69) is 10.1 Å². The molecule has 0 aliphatic rings. The van der Waals surface area contributed by atoms with Crippen molar-refractivity contribution in [2.75, 3.05) is 6.54 Å². The maximum atomic E-state index is 12.7. The zero-order chi connectivity index (χ0) is 18.7. The Balaban J connectivity index is 1.76. The van der Waals surface area contributed by atoms with Crippen LogP contribution in [0.25, 0.3) is 11.4 Å². The lowest BCUT2D eigenvalue weighted by atomic mass is 10.1. The van der Waals surface area contributed by atoms with Gasteiger partial charge in [0.25, 0.3) is 5.91 Å². The number of nitrogens with zero attached hydrogens (tertiary/aromatic N) is 3. The van der Waals surface area contributed by atoms with E-state index in [9.17, 15) is 4.79 Å². The van der Waals surface area contributed by atoms with Gasteiger partial charge >= 0.3 is 0 Å². The van der Waals surface area contributed by atoms with E-state index in [1.54, 1.807) is 23.1 Å². The Morgan fingerprint density at radius 1 is 1.12 bits per heavy atom. The topological polar surface area (TPSA) is 59.2 Å². The molecule has 0 aliphatic carbocycles. The van der Waals surface area contributed by atoms with Gasteiger partial charge in [-0.05, 0) is 32.0 Å². The highest BCUT2D eigenvalue weighted by Gasteiger charge is 2.19. The summed E-state index contributed by atoms with van der Waals surface area (Å²) < 4.78 is 5.31. The Kier molecular flexibility index (Phi) is 5.59. The third-order valence-corrected chi connectivity index (χ3v) is 4.68. The largest absolute Gasteiger partial charge is 0.337 e. The van der Waals surface area contributed by atoms with Crippen molar-refractivity contribution in [3.8, 4) is 11.4 Å². The predicted octanol–water partition coefficient (Wildman–Crippen LogP) is 5.01. The van der Waals surface area contributed by atoms with Crippen LogP contribution in [0.5, 0.6) is 0 Å². The van der Waals surface area contributed by atoms with Crippen molar-refractivity contribution in [1.29, 1.82) is 0 Å². The molecule has 0 aliphatic heterocycles. The lowest BCUT2D eigenvalue weighted by molar-refractivity contribution is 0.0734. The minimum absolute atomic E-state index is 0.179. The number of amides is 1. The number of aryl methyl sites for hydroxylation is 1. The molecule has 2 aromatic carbocycles. The molecule has 26 heavy (non-hydrogen) atoms. The number of hydrogen-bond acceptors (Lipinski definition) is 4. The Bertz CT molecular complexity index is 923. The highest BCUT2D eigenvalue weighted by Crippen LogP contribution is 2.24. The number of benzene rings is 2. The van der Waals surface area contributed by atoms with E-state index >= 15 is 0 Å². The van der Waals surface area contributed by atoms with E-state index in [0.717, 1.165) is 11.1 Å². The van der Waals surface area contributed by atoms with Gasteiger partial charge in [-0.3, -0.25) is 4.79 Å². The SMILES string of the molecule is CCN(Cc1nc(-c2ccc(C)cc2)no1)C(=O)c1ccc(Cl)c(Cl)c1. The molecule has 0 spiro atoms. The molecule has 3 aromatic rings. The molecule has 0 radical (unpaired) electrons. The van der Waals surface area contributed by atoms with Gasteiger partial charge in [0.15, 0.2) is 0 Å². The average Bonchev–Trinajstić information content (AvgIpc) is 3.10. The second kappa shape index (κ2) is 7.89. The summed E-state index contributed by atoms with van der Waals surface area (Å²) in [7, 11) is 0. The molecule has 1 heterocycles. The van der Waals surface area contributed by atoms with Gasteiger partial charge in [-0.25, -0.2) is 0 Å². The van der Waals surface area contributed by atoms with Crippen LogP contribution in [-0.2, 0) is 6.54 Å². The van der Waals surface area contributed by atoms with Gasteiger partial charge in [0.1, 0.15) is 6.54 Å². The van der Waals surface area contributed by atoms with Crippen LogP contribution in [0.1, 0.15) is 28.7 Å². The van der Waals surface area contributed by atoms with Crippen LogP contribution < -0.4 is 0 Å². The van der Waals surface area contributed by atoms with Gasteiger partial charge in [0, 0.05) is 17.7 Å². The maximum Gasteiger partial charge on any atom is 0.254 e. The Morgan fingerprint density at radius 3 is 2.50 bits per heavy atom. The number of carbonyl (C=O) groups excluding carboxylic acids is 1. The molecule has 5 nitrogen and oxygen atoms in total. The van der Waals surface area contributed by atoms with Crippen LogP contribution in [0.3, 0.4) is 0 Å². The standard InChI is InChI=1S/C19H17Cl2N3O2/c1-3-24(19(25)14-8-9-15(20)16(21)10-14)11-17-22-18(23-26-17)13-6-4-12(2)5-7-13/h4-10H,3,11H2,1-2H3. The Labute approximate surface area is 161 Å². The average molecular weight is 390 g/mol. The summed E-state index contributed by atoms with van der Waals surface area (Å²) in [6, 6.07) is 12.6. The van der Waals surface area contributed by atoms with E-state index in [0.29, 0.717) is 33.9 Å². The molecule has 7 heteroatoms. The van der Waals surface area contributed by atoms with Crippen LogP contribution in [0.15, 0.2) is 47.0 Å². The van der Waals surface area contributed by atoms with Crippen molar-refractivity contribution in [2.24, 2.45) is 0 Å². The van der Waals surface area contributed by atoms with E-state index in [4.69, 9.17) is 27.7 Å². The summed E-state index contributed by atoms with van der Waals surface area (Å²) in [5.74, 6) is 0.690. The fourth-order valence-electron chi connectivity index (χ4n) is 2.44. The predicted molar refractivity (Wildman–Crippen MR) is 101 cm³/mol. The Morgan fingerprint density at radius 2 is 1.85 bits per heavy atom. The molecular weight excluding hydrogens is 373 g/mol. The van der Waals surface area contributed by atoms with Crippen molar-refractivity contribution >= 4 is 29.1 Å². The lowest BCUT2D eigenvalue weighted by Crippen LogP contribution is -2.30. The Hall–Kier alpha value is -2.37. The quantitative estimate of drug-likeness (QED) is 0.614. The molecule has 0 saturated heterocycles. The molecule has 0 N–H and O–H groups in total. The van der Waals surface area contributed by atoms with Crippen LogP contribution in [0, 0.1) is 6.92 Å². The summed E-state index contributed by atoms with van der Waals surface area (Å²) in [4.78, 5) is 18.7. The van der Waals surface area contributed by atoms with E-state index in [-0.39, 0.29) is 12.5 Å². The van der Waals surface area contributed by atoms with Crippen LogP contribution in [0.2, 0.25) is 10.0 Å². The molecule has 0 bridgehead atoms. The third-order valence-electron chi connectivity index (χ3n) is 3.94. The maximum absolute atomic E-state index is 12.7. The smallest absolute Gasteiger partial charge is 0.254 e. The highest BCUT2D eigenvalue weighted by molar-refractivity contribution is 6.42. The number of halogens is 2. The van der Waals surface area contributed by atoms with Gasteiger partial charge in [-0.15, -0.1) is 0 Å². The fraction of sp³-hybridized carbons (Fsp3) is 0.211. The van der Waals surface area contributed by atoms with Gasteiger partial charge in [-0.2, -0.15) is 4.98 Å². The van der Waals surface area contributed by atoms with Gasteiger partial charge in [0.05, 0.1) is 10.0 Å². The second-order valence-electron chi connectivity index (χ2n) is 5.83. The summed E-state index contributed by atoms with van der Waals surface area (Å²) in [5.41, 5.74) is 2.48. The summed E-state index contributed by atoms with van der Waals surface area (Å²) in [6.45, 7) is 4.60. The first-order valence-electron chi connectivity index (χ1n) is 8.12. The van der Waals surface area contributed by atoms with Crippen molar-refractivity contribution in [3.05, 3.63) is 69.5 Å². The fourth-order valence-corrected chi connectivity index (χ4v) is 2.74. The van der Waals surface area contributed by atoms with Crippen LogP contribution >= 0.6 is 23.2 Å². The van der Waals surface area contributed by atoms with E-state index in [1.165, 1.54) is 0 Å². The monoisotopic (exact) mass is 389 g/mol. The molecule has 1 aromatic heterocycles. The molecule has 134 valence electrons. The molecular formula is C19H17Cl2N3O2. The van der Waals surface area contributed by atoms with Crippen LogP contribution in [0.4, 0.5) is 0 Å². The first-order chi connectivity index (χ1) is 12.5. The molecule has 0 unspecified atom stereocenters. The molecule has 0 atom stereocenters. The van der Waals surface area contributed by atoms with Gasteiger partial charge in [-0.1, -0.05) is 58.2 Å². The van der Waals surface area contributed by atoms with Crippen molar-refractivity contribution in [2.45, 2.75) is 20.4 Å². The first-order valence-corrected chi connectivity index (χ1v) is 8.87. The molecule has 0 saturated carbocycles. The molecule has 1 amide bonds. The third kappa shape index (κ3) is 4.06. The summed E-state index contributed by atoms with van der Waals surface area (Å²) >= 11 is 11.9. The van der Waals surface area contributed by atoms with Crippen molar-refractivity contribution < 1.29 is 9.32 Å². The van der Waals surface area contributed by atoms with E-state index in [1.807, 2.05) is 38.1 Å². The van der Waals surface area contributed by atoms with E-state index < -0.39 is 0 Å². The normalized spacial score (nSPS) is 10.8. The second-order valence-corrected chi connectivity index (χ2v) is 6.64. The molecule has 3 rings (SSSR count). The number of carbonyl (C=O) groups is 1. The highest BCUT2D eigenvalue weighted by atomic mass is 35.5. The summed E-state index contributed by atoms with van der Waals surface area (Å²) in [5, 5.41) is 4.75. The first kappa shape index (κ1) is 18.4.